The molecule has 3 N–H and O–H groups in total. The first-order valence-corrected chi connectivity index (χ1v) is 11.8. The average molecular weight is 393 g/mol. The second-order valence-corrected chi connectivity index (χ2v) is 11.3. The molecule has 4 rings (SSSR count). The van der Waals surface area contributed by atoms with Gasteiger partial charge in [-0.15, -0.1) is 0 Å². The van der Waals surface area contributed by atoms with Crippen LogP contribution in [0.3, 0.4) is 0 Å². The molecular formula is C24H40O4. The molecule has 4 nitrogen and oxygen atoms in total. The maximum Gasteiger partial charge on any atom is 0.303 e. The number of hydrogen-bond acceptors (Lipinski definition) is 3. The quantitative estimate of drug-likeness (QED) is 0.659. The molecule has 0 radical (unpaired) electrons. The van der Waals surface area contributed by atoms with Crippen LogP contribution in [0.4, 0.5) is 0 Å². The third-order valence-electron chi connectivity index (χ3n) is 10.3. The van der Waals surface area contributed by atoms with Crippen LogP contribution >= 0.6 is 0 Å². The fourth-order valence-corrected chi connectivity index (χ4v) is 8.71. The number of aliphatic hydroxyl groups is 2. The van der Waals surface area contributed by atoms with Crippen molar-refractivity contribution in [3.8, 4) is 0 Å². The van der Waals surface area contributed by atoms with Gasteiger partial charge in [0, 0.05) is 6.42 Å². The van der Waals surface area contributed by atoms with Crippen LogP contribution in [0, 0.1) is 46.3 Å². The van der Waals surface area contributed by atoms with Gasteiger partial charge in [-0.3, -0.25) is 4.79 Å². The molecule has 160 valence electrons. The van der Waals surface area contributed by atoms with Crippen molar-refractivity contribution in [1.29, 1.82) is 0 Å². The van der Waals surface area contributed by atoms with Gasteiger partial charge in [-0.1, -0.05) is 20.8 Å². The van der Waals surface area contributed by atoms with Crippen LogP contribution in [-0.2, 0) is 4.79 Å². The molecule has 4 saturated carbocycles. The minimum Gasteiger partial charge on any atom is -0.481 e. The fraction of sp³-hybridized carbons (Fsp3) is 0.958. The highest BCUT2D eigenvalue weighted by Crippen LogP contribution is 2.68. The van der Waals surface area contributed by atoms with Crippen molar-refractivity contribution in [2.45, 2.75) is 97.2 Å². The van der Waals surface area contributed by atoms with E-state index in [0.717, 1.165) is 38.5 Å². The smallest absolute Gasteiger partial charge is 0.303 e. The van der Waals surface area contributed by atoms with Gasteiger partial charge in [-0.05, 0) is 104 Å². The Kier molecular flexibility index (Phi) is 5.36. The molecule has 0 bridgehead atoms. The molecule has 0 saturated heterocycles. The zero-order valence-corrected chi connectivity index (χ0v) is 17.9. The Labute approximate surface area is 170 Å². The standard InChI is InChI=1S/C24H40O4/c1-14(4-9-22(27)28)18-7-8-19-17-6-5-15-12-16(25)10-11-23(15,2)20(17)13-21(26)24(18,19)3/h14-21,25-26H,4-13H2,1-3H3,(H,27,28)/t14-,15+,16+,17-,18+,19-,20-,21+,23+,24+/m1/s1. The third-order valence-corrected chi connectivity index (χ3v) is 10.3. The molecule has 0 aliphatic heterocycles. The van der Waals surface area contributed by atoms with Crippen molar-refractivity contribution >= 4 is 5.97 Å². The summed E-state index contributed by atoms with van der Waals surface area (Å²) in [6.45, 7) is 6.99. The molecule has 0 heterocycles. The highest BCUT2D eigenvalue weighted by Gasteiger charge is 2.63. The Balaban J connectivity index is 1.56. The lowest BCUT2D eigenvalue weighted by atomic mass is 9.43. The largest absolute Gasteiger partial charge is 0.481 e. The van der Waals surface area contributed by atoms with E-state index in [0.29, 0.717) is 35.5 Å². The molecule has 4 fully saturated rings. The van der Waals surface area contributed by atoms with E-state index in [1.165, 1.54) is 19.3 Å². The summed E-state index contributed by atoms with van der Waals surface area (Å²) >= 11 is 0. The first-order valence-electron chi connectivity index (χ1n) is 11.8. The minimum absolute atomic E-state index is 0.0591. The van der Waals surface area contributed by atoms with Gasteiger partial charge in [0.1, 0.15) is 0 Å². The second kappa shape index (κ2) is 7.27. The monoisotopic (exact) mass is 392 g/mol. The topological polar surface area (TPSA) is 77.8 Å². The Morgan fingerprint density at radius 1 is 1.04 bits per heavy atom. The van der Waals surface area contributed by atoms with Gasteiger partial charge < -0.3 is 15.3 Å². The summed E-state index contributed by atoms with van der Waals surface area (Å²) in [6, 6.07) is 0. The Morgan fingerprint density at radius 3 is 2.50 bits per heavy atom. The Bertz CT molecular complexity index is 605. The predicted octanol–water partition coefficient (Wildman–Crippen LogP) is 4.48. The molecule has 0 unspecified atom stereocenters. The van der Waals surface area contributed by atoms with Crippen LogP contribution in [0.25, 0.3) is 0 Å². The van der Waals surface area contributed by atoms with Crippen molar-refractivity contribution in [2.75, 3.05) is 0 Å². The average Bonchev–Trinajstić information content (AvgIpc) is 3.00. The van der Waals surface area contributed by atoms with Gasteiger partial charge in [0.25, 0.3) is 0 Å². The van der Waals surface area contributed by atoms with Crippen LogP contribution in [0.1, 0.15) is 85.0 Å². The summed E-state index contributed by atoms with van der Waals surface area (Å²) in [6.07, 6.45) is 9.26. The minimum atomic E-state index is -0.707. The molecule has 0 spiro atoms. The molecule has 10 atom stereocenters. The lowest BCUT2D eigenvalue weighted by Crippen LogP contribution is -2.58. The zero-order valence-electron chi connectivity index (χ0n) is 17.9. The van der Waals surface area contributed by atoms with Crippen molar-refractivity contribution < 1.29 is 20.1 Å². The van der Waals surface area contributed by atoms with Gasteiger partial charge in [-0.2, -0.15) is 0 Å². The van der Waals surface area contributed by atoms with Gasteiger partial charge in [-0.25, -0.2) is 0 Å². The van der Waals surface area contributed by atoms with Gasteiger partial charge >= 0.3 is 5.97 Å². The second-order valence-electron chi connectivity index (χ2n) is 11.3. The van der Waals surface area contributed by atoms with Crippen molar-refractivity contribution in [2.24, 2.45) is 46.3 Å². The highest BCUT2D eigenvalue weighted by atomic mass is 16.4. The number of carboxylic acids is 1. The number of fused-ring (bicyclic) bond motifs is 5. The lowest BCUT2D eigenvalue weighted by molar-refractivity contribution is -0.175. The summed E-state index contributed by atoms with van der Waals surface area (Å²) in [5.41, 5.74) is 0.216. The zero-order chi connectivity index (χ0) is 20.3. The number of aliphatic hydroxyl groups excluding tert-OH is 2. The first kappa shape index (κ1) is 20.7. The summed E-state index contributed by atoms with van der Waals surface area (Å²) < 4.78 is 0. The maximum atomic E-state index is 11.5. The van der Waals surface area contributed by atoms with Crippen LogP contribution in [0.5, 0.6) is 0 Å². The van der Waals surface area contributed by atoms with E-state index in [4.69, 9.17) is 5.11 Å². The SMILES string of the molecule is C[C@H](CCC(=O)O)[C@@H]1CC[C@@H]2[C@H]3CC[C@H]4C[C@@H](O)CC[C@]4(C)[C@@H]3C[C@H](O)[C@]21C. The molecule has 28 heavy (non-hydrogen) atoms. The van der Waals surface area contributed by atoms with Crippen molar-refractivity contribution in [3.63, 3.8) is 0 Å². The van der Waals surface area contributed by atoms with Gasteiger partial charge in [0.2, 0.25) is 0 Å². The number of carbonyl (C=O) groups is 1. The highest BCUT2D eigenvalue weighted by molar-refractivity contribution is 5.66. The summed E-state index contributed by atoms with van der Waals surface area (Å²) in [5.74, 6) is 2.55. The third kappa shape index (κ3) is 3.05. The summed E-state index contributed by atoms with van der Waals surface area (Å²) in [4.78, 5) is 11.1. The summed E-state index contributed by atoms with van der Waals surface area (Å²) in [7, 11) is 0. The van der Waals surface area contributed by atoms with E-state index in [-0.39, 0.29) is 29.5 Å². The first-order chi connectivity index (χ1) is 13.2. The normalized spacial score (nSPS) is 51.7. The molecule has 0 amide bonds. The fourth-order valence-electron chi connectivity index (χ4n) is 8.71. The summed E-state index contributed by atoms with van der Waals surface area (Å²) in [5, 5.41) is 30.8. The van der Waals surface area contributed by atoms with E-state index in [1.807, 2.05) is 0 Å². The molecule has 0 aromatic carbocycles. The Morgan fingerprint density at radius 2 is 1.79 bits per heavy atom. The van der Waals surface area contributed by atoms with Crippen LogP contribution in [0.15, 0.2) is 0 Å². The number of carboxylic acid groups (broad SMARTS) is 1. The molecule has 0 aromatic heterocycles. The van der Waals surface area contributed by atoms with E-state index in [9.17, 15) is 15.0 Å². The molecule has 4 aliphatic carbocycles. The maximum absolute atomic E-state index is 11.5. The van der Waals surface area contributed by atoms with Crippen molar-refractivity contribution in [1.82, 2.24) is 0 Å². The lowest BCUT2D eigenvalue weighted by Gasteiger charge is -2.62. The van der Waals surface area contributed by atoms with Gasteiger partial charge in [0.15, 0.2) is 0 Å². The van der Waals surface area contributed by atoms with Crippen LogP contribution in [-0.4, -0.2) is 33.5 Å². The van der Waals surface area contributed by atoms with E-state index >= 15 is 0 Å². The molecule has 4 heteroatoms. The van der Waals surface area contributed by atoms with Crippen LogP contribution in [0.2, 0.25) is 0 Å². The molecular weight excluding hydrogens is 352 g/mol. The van der Waals surface area contributed by atoms with Crippen molar-refractivity contribution in [3.05, 3.63) is 0 Å². The molecule has 0 aromatic rings. The number of rotatable bonds is 4. The number of hydrogen-bond donors (Lipinski definition) is 3. The van der Waals surface area contributed by atoms with Crippen LogP contribution < -0.4 is 0 Å². The van der Waals surface area contributed by atoms with Gasteiger partial charge in [0.05, 0.1) is 12.2 Å². The Hall–Kier alpha value is -0.610. The van der Waals surface area contributed by atoms with E-state index in [2.05, 4.69) is 20.8 Å². The molecule has 4 aliphatic rings. The van der Waals surface area contributed by atoms with E-state index < -0.39 is 5.97 Å². The van der Waals surface area contributed by atoms with E-state index in [1.54, 1.807) is 0 Å². The number of aliphatic carboxylic acids is 1. The predicted molar refractivity (Wildman–Crippen MR) is 109 cm³/mol.